The van der Waals surface area contributed by atoms with Crippen molar-refractivity contribution in [1.82, 2.24) is 0 Å². The van der Waals surface area contributed by atoms with Gasteiger partial charge in [-0.05, 0) is 56.0 Å². The fourth-order valence-corrected chi connectivity index (χ4v) is 4.12. The number of hydrogen-bond acceptors (Lipinski definition) is 4. The van der Waals surface area contributed by atoms with E-state index in [1.807, 2.05) is 80.7 Å². The second-order valence-corrected chi connectivity index (χ2v) is 7.90. The molecule has 3 aromatic rings. The topological polar surface area (TPSA) is 49.4 Å². The number of thiophene rings is 1. The summed E-state index contributed by atoms with van der Waals surface area (Å²) in [5.74, 6) is -0.630. The monoisotopic (exact) mass is 388 g/mol. The van der Waals surface area contributed by atoms with Gasteiger partial charge in [0, 0.05) is 10.6 Å². The maximum Gasteiger partial charge on any atom is 0.282 e. The number of rotatable bonds is 4. The molecule has 2 amide bonds. The quantitative estimate of drug-likeness (QED) is 0.635. The van der Waals surface area contributed by atoms with Crippen LogP contribution in [0.25, 0.3) is 5.57 Å². The minimum atomic E-state index is -0.332. The highest BCUT2D eigenvalue weighted by atomic mass is 32.1. The van der Waals surface area contributed by atoms with Crippen LogP contribution in [-0.4, -0.2) is 11.8 Å². The van der Waals surface area contributed by atoms with Crippen molar-refractivity contribution in [2.45, 2.75) is 20.8 Å². The Kier molecular flexibility index (Phi) is 4.61. The molecular weight excluding hydrogens is 368 g/mol. The van der Waals surface area contributed by atoms with Crippen molar-refractivity contribution in [3.63, 3.8) is 0 Å². The molecule has 140 valence electrons. The Morgan fingerprint density at radius 3 is 2.21 bits per heavy atom. The third kappa shape index (κ3) is 3.14. The van der Waals surface area contributed by atoms with Crippen LogP contribution in [0.3, 0.4) is 0 Å². The van der Waals surface area contributed by atoms with Gasteiger partial charge in [-0.25, -0.2) is 4.90 Å². The van der Waals surface area contributed by atoms with E-state index in [9.17, 15) is 9.59 Å². The predicted octanol–water partition coefficient (Wildman–Crippen LogP) is 5.07. The van der Waals surface area contributed by atoms with Gasteiger partial charge in [0.1, 0.15) is 5.70 Å². The number of nitrogens with zero attached hydrogens (tertiary/aromatic N) is 1. The van der Waals surface area contributed by atoms with E-state index in [1.165, 1.54) is 16.2 Å². The van der Waals surface area contributed by atoms with Gasteiger partial charge in [-0.2, -0.15) is 0 Å². The molecule has 0 radical (unpaired) electrons. The van der Waals surface area contributed by atoms with Gasteiger partial charge in [-0.15, -0.1) is 11.3 Å². The number of amides is 2. The first-order valence-corrected chi connectivity index (χ1v) is 9.91. The third-order valence-corrected chi connectivity index (χ3v) is 5.65. The highest BCUT2D eigenvalue weighted by Gasteiger charge is 2.41. The Labute approximate surface area is 168 Å². The summed E-state index contributed by atoms with van der Waals surface area (Å²) in [4.78, 5) is 28.7. The number of benzene rings is 2. The highest BCUT2D eigenvalue weighted by molar-refractivity contribution is 7.11. The lowest BCUT2D eigenvalue weighted by molar-refractivity contribution is -0.120. The summed E-state index contributed by atoms with van der Waals surface area (Å²) < 4.78 is 0. The van der Waals surface area contributed by atoms with Crippen molar-refractivity contribution in [3.05, 3.63) is 87.2 Å². The van der Waals surface area contributed by atoms with E-state index in [0.29, 0.717) is 17.0 Å². The van der Waals surface area contributed by atoms with Gasteiger partial charge in [0.2, 0.25) is 0 Å². The molecule has 2 heterocycles. The Morgan fingerprint density at radius 1 is 0.857 bits per heavy atom. The van der Waals surface area contributed by atoms with Crippen LogP contribution >= 0.6 is 11.3 Å². The van der Waals surface area contributed by atoms with Gasteiger partial charge in [-0.1, -0.05) is 41.5 Å². The Bertz CT molecular complexity index is 1100. The van der Waals surface area contributed by atoms with Crippen molar-refractivity contribution >= 4 is 40.1 Å². The first-order chi connectivity index (χ1) is 13.5. The van der Waals surface area contributed by atoms with Gasteiger partial charge in [0.15, 0.2) is 0 Å². The smallest absolute Gasteiger partial charge is 0.282 e. The fraction of sp³-hybridized carbons (Fsp3) is 0.130. The fourth-order valence-electron chi connectivity index (χ4n) is 3.35. The van der Waals surface area contributed by atoms with Crippen LogP contribution < -0.4 is 10.2 Å². The molecule has 0 unspecified atom stereocenters. The van der Waals surface area contributed by atoms with Gasteiger partial charge in [0.25, 0.3) is 11.8 Å². The summed E-state index contributed by atoms with van der Waals surface area (Å²) in [5.41, 5.74) is 5.24. The maximum atomic E-state index is 13.3. The molecule has 1 N–H and O–H groups in total. The zero-order valence-corrected chi connectivity index (χ0v) is 16.8. The van der Waals surface area contributed by atoms with Gasteiger partial charge >= 0.3 is 0 Å². The predicted molar refractivity (Wildman–Crippen MR) is 114 cm³/mol. The molecular formula is C23H20N2O2S. The molecule has 2 aromatic carbocycles. The molecule has 1 aliphatic heterocycles. The van der Waals surface area contributed by atoms with Gasteiger partial charge in [0.05, 0.1) is 11.3 Å². The SMILES string of the molecule is Cc1ccc(NC2=C(c3cccs3)C(=O)N(c3ccc(C)cc3C)C2=O)cc1. The lowest BCUT2D eigenvalue weighted by Crippen LogP contribution is -2.33. The number of aryl methyl sites for hydroxylation is 3. The number of hydrogen-bond donors (Lipinski definition) is 1. The van der Waals surface area contributed by atoms with Gasteiger partial charge in [-0.3, -0.25) is 9.59 Å². The standard InChI is InChI=1S/C23H20N2O2S/c1-14-6-9-17(10-7-14)24-21-20(19-5-4-12-28-19)22(26)25(23(21)27)18-11-8-15(2)13-16(18)3/h4-13,24H,1-3H3. The molecule has 4 nitrogen and oxygen atoms in total. The molecule has 0 fully saturated rings. The molecule has 1 aliphatic rings. The van der Waals surface area contributed by atoms with E-state index in [0.717, 1.165) is 27.3 Å². The molecule has 28 heavy (non-hydrogen) atoms. The second kappa shape index (κ2) is 7.09. The van der Waals surface area contributed by atoms with Crippen molar-refractivity contribution in [2.24, 2.45) is 0 Å². The Balaban J connectivity index is 1.80. The van der Waals surface area contributed by atoms with Gasteiger partial charge < -0.3 is 5.32 Å². The minimum Gasteiger partial charge on any atom is -0.350 e. The van der Waals surface area contributed by atoms with Crippen LogP contribution in [-0.2, 0) is 9.59 Å². The van der Waals surface area contributed by atoms with E-state index in [1.54, 1.807) is 0 Å². The molecule has 0 spiro atoms. The third-order valence-electron chi connectivity index (χ3n) is 4.77. The van der Waals surface area contributed by atoms with Crippen molar-refractivity contribution in [2.75, 3.05) is 10.2 Å². The molecule has 5 heteroatoms. The van der Waals surface area contributed by atoms with Crippen molar-refractivity contribution < 1.29 is 9.59 Å². The first-order valence-electron chi connectivity index (χ1n) is 9.03. The second-order valence-electron chi connectivity index (χ2n) is 6.95. The highest BCUT2D eigenvalue weighted by Crippen LogP contribution is 2.36. The summed E-state index contributed by atoms with van der Waals surface area (Å²) in [6, 6.07) is 17.2. The average molecular weight is 388 g/mol. The molecule has 0 bridgehead atoms. The van der Waals surface area contributed by atoms with Crippen LogP contribution in [0.4, 0.5) is 11.4 Å². The summed E-state index contributed by atoms with van der Waals surface area (Å²) in [6.45, 7) is 5.91. The minimum absolute atomic E-state index is 0.297. The lowest BCUT2D eigenvalue weighted by Gasteiger charge is -2.18. The van der Waals surface area contributed by atoms with Crippen LogP contribution in [0.1, 0.15) is 21.6 Å². The lowest BCUT2D eigenvalue weighted by atomic mass is 10.1. The molecule has 0 aliphatic carbocycles. The first kappa shape index (κ1) is 18.2. The Hall–Kier alpha value is -3.18. The zero-order valence-electron chi connectivity index (χ0n) is 15.9. The van der Waals surface area contributed by atoms with E-state index >= 15 is 0 Å². The summed E-state index contributed by atoms with van der Waals surface area (Å²) in [5, 5.41) is 5.10. The molecule has 0 saturated heterocycles. The number of imide groups is 1. The van der Waals surface area contributed by atoms with Crippen LogP contribution in [0.2, 0.25) is 0 Å². The van der Waals surface area contributed by atoms with Crippen LogP contribution in [0, 0.1) is 20.8 Å². The molecule has 0 saturated carbocycles. The largest absolute Gasteiger partial charge is 0.350 e. The molecule has 4 rings (SSSR count). The Morgan fingerprint density at radius 2 is 1.57 bits per heavy atom. The zero-order chi connectivity index (χ0) is 19.8. The summed E-state index contributed by atoms with van der Waals surface area (Å²) >= 11 is 1.45. The number of carbonyl (C=O) groups excluding carboxylic acids is 2. The summed E-state index contributed by atoms with van der Waals surface area (Å²) in [6.07, 6.45) is 0. The van der Waals surface area contributed by atoms with Crippen molar-refractivity contribution in [1.29, 1.82) is 0 Å². The molecule has 0 atom stereocenters. The van der Waals surface area contributed by atoms with E-state index in [4.69, 9.17) is 0 Å². The van der Waals surface area contributed by atoms with E-state index in [2.05, 4.69) is 5.32 Å². The molecule has 1 aromatic heterocycles. The number of anilines is 2. The maximum absolute atomic E-state index is 13.3. The van der Waals surface area contributed by atoms with E-state index in [-0.39, 0.29) is 11.8 Å². The normalized spacial score (nSPS) is 14.2. The van der Waals surface area contributed by atoms with E-state index < -0.39 is 0 Å². The summed E-state index contributed by atoms with van der Waals surface area (Å²) in [7, 11) is 0. The van der Waals surface area contributed by atoms with Crippen molar-refractivity contribution in [3.8, 4) is 0 Å². The van der Waals surface area contributed by atoms with Crippen LogP contribution in [0.5, 0.6) is 0 Å². The number of nitrogens with one attached hydrogen (secondary N) is 1. The number of carbonyl (C=O) groups is 2. The van der Waals surface area contributed by atoms with Crippen LogP contribution in [0.15, 0.2) is 65.7 Å². The average Bonchev–Trinajstić information content (AvgIpc) is 3.25.